The van der Waals surface area contributed by atoms with Gasteiger partial charge in [-0.3, -0.25) is 4.68 Å². The maximum absolute atomic E-state index is 4.69. The van der Waals surface area contributed by atoms with E-state index in [9.17, 15) is 0 Å². The number of hydrogen-bond acceptors (Lipinski definition) is 3. The van der Waals surface area contributed by atoms with Crippen LogP contribution in [0.1, 0.15) is 51.9 Å². The van der Waals surface area contributed by atoms with Crippen LogP contribution in [-0.2, 0) is 19.4 Å². The Morgan fingerprint density at radius 2 is 2.25 bits per heavy atom. The average molecular weight is 295 g/mol. The second-order valence-corrected chi connectivity index (χ2v) is 7.50. The zero-order chi connectivity index (χ0) is 14.6. The van der Waals surface area contributed by atoms with Crippen LogP contribution in [0.2, 0.25) is 0 Å². The van der Waals surface area contributed by atoms with Gasteiger partial charge in [0.25, 0.3) is 0 Å². The van der Waals surface area contributed by atoms with Crippen LogP contribution in [0.4, 0.5) is 0 Å². The molecule has 0 aliphatic carbocycles. The van der Waals surface area contributed by atoms with Gasteiger partial charge >= 0.3 is 0 Å². The number of likely N-dealkylation sites (N-methyl/N-ethyl adjacent to an activating group) is 1. The van der Waals surface area contributed by atoms with Crippen molar-refractivity contribution >= 4 is 11.8 Å². The first-order valence-corrected chi connectivity index (χ1v) is 9.04. The predicted octanol–water partition coefficient (Wildman–Crippen LogP) is 3.27. The smallest absolute Gasteiger partial charge is 0.0624 e. The lowest BCUT2D eigenvalue weighted by atomic mass is 9.92. The Labute approximate surface area is 127 Å². The van der Waals surface area contributed by atoms with Crippen molar-refractivity contribution in [3.05, 3.63) is 17.5 Å². The zero-order valence-electron chi connectivity index (χ0n) is 13.4. The summed E-state index contributed by atoms with van der Waals surface area (Å²) in [4.78, 5) is 0. The molecule has 3 nitrogen and oxygen atoms in total. The molecular weight excluding hydrogens is 266 g/mol. The molecule has 0 spiro atoms. The normalized spacial score (nSPS) is 24.2. The van der Waals surface area contributed by atoms with Gasteiger partial charge in [-0.25, -0.2) is 0 Å². The third-order valence-electron chi connectivity index (χ3n) is 4.43. The minimum absolute atomic E-state index is 0.380. The first-order valence-electron chi connectivity index (χ1n) is 8.05. The van der Waals surface area contributed by atoms with Crippen molar-refractivity contribution in [2.24, 2.45) is 0 Å². The largest absolute Gasteiger partial charge is 0.312 e. The van der Waals surface area contributed by atoms with Crippen LogP contribution in [0.5, 0.6) is 0 Å². The molecule has 20 heavy (non-hydrogen) atoms. The van der Waals surface area contributed by atoms with Crippen LogP contribution in [0, 0.1) is 0 Å². The molecule has 4 heteroatoms. The molecule has 1 fully saturated rings. The van der Waals surface area contributed by atoms with Crippen molar-refractivity contribution in [1.29, 1.82) is 0 Å². The topological polar surface area (TPSA) is 29.9 Å². The second-order valence-electron chi connectivity index (χ2n) is 5.88. The first kappa shape index (κ1) is 15.9. The molecule has 1 aliphatic rings. The second kappa shape index (κ2) is 6.99. The van der Waals surface area contributed by atoms with E-state index in [2.05, 4.69) is 55.5 Å². The summed E-state index contributed by atoms with van der Waals surface area (Å²) in [5.74, 6) is 1.31. The molecule has 1 N–H and O–H groups in total. The summed E-state index contributed by atoms with van der Waals surface area (Å²) in [6.45, 7) is 11.0. The van der Waals surface area contributed by atoms with Gasteiger partial charge in [0.2, 0.25) is 0 Å². The van der Waals surface area contributed by atoms with Gasteiger partial charge in [0.15, 0.2) is 0 Å². The molecule has 2 atom stereocenters. The molecule has 0 radical (unpaired) electrons. The van der Waals surface area contributed by atoms with E-state index in [1.54, 1.807) is 0 Å². The van der Waals surface area contributed by atoms with Crippen molar-refractivity contribution in [2.75, 3.05) is 12.3 Å². The Bertz CT molecular complexity index is 421. The maximum atomic E-state index is 4.69. The van der Waals surface area contributed by atoms with Gasteiger partial charge in [0.05, 0.1) is 5.69 Å². The fourth-order valence-corrected chi connectivity index (χ4v) is 4.57. The Morgan fingerprint density at radius 1 is 1.45 bits per heavy atom. The summed E-state index contributed by atoms with van der Waals surface area (Å²) in [6, 6.07) is 2.85. The van der Waals surface area contributed by atoms with Gasteiger partial charge in [0.1, 0.15) is 0 Å². The molecule has 1 saturated heterocycles. The van der Waals surface area contributed by atoms with Crippen LogP contribution in [0.25, 0.3) is 0 Å². The summed E-state index contributed by atoms with van der Waals surface area (Å²) >= 11 is 2.15. The molecule has 2 rings (SSSR count). The van der Waals surface area contributed by atoms with Crippen molar-refractivity contribution in [3.8, 4) is 0 Å². The van der Waals surface area contributed by atoms with E-state index in [1.165, 1.54) is 30.0 Å². The third kappa shape index (κ3) is 3.40. The maximum Gasteiger partial charge on any atom is 0.0624 e. The van der Waals surface area contributed by atoms with Gasteiger partial charge in [-0.2, -0.15) is 16.9 Å². The predicted molar refractivity (Wildman–Crippen MR) is 88.5 cm³/mol. The molecule has 0 amide bonds. The van der Waals surface area contributed by atoms with E-state index in [0.29, 0.717) is 10.8 Å². The van der Waals surface area contributed by atoms with E-state index >= 15 is 0 Å². The van der Waals surface area contributed by atoms with Crippen LogP contribution in [-0.4, -0.2) is 32.9 Å². The number of hydrogen-bond donors (Lipinski definition) is 1. The Kier molecular flexibility index (Phi) is 5.56. The third-order valence-corrected chi connectivity index (χ3v) is 6.07. The van der Waals surface area contributed by atoms with Crippen molar-refractivity contribution < 1.29 is 0 Å². The van der Waals surface area contributed by atoms with Crippen molar-refractivity contribution in [2.45, 2.75) is 70.7 Å². The summed E-state index contributed by atoms with van der Waals surface area (Å²) in [5, 5.41) is 8.42. The van der Waals surface area contributed by atoms with Crippen molar-refractivity contribution in [3.63, 3.8) is 0 Å². The lowest BCUT2D eigenvalue weighted by molar-refractivity contribution is 0.396. The molecule has 1 aromatic rings. The quantitative estimate of drug-likeness (QED) is 0.837. The first-order chi connectivity index (χ1) is 9.62. The van der Waals surface area contributed by atoms with Gasteiger partial charge in [-0.05, 0) is 51.5 Å². The summed E-state index contributed by atoms with van der Waals surface area (Å²) in [7, 11) is 0. The summed E-state index contributed by atoms with van der Waals surface area (Å²) in [6.07, 6.45) is 4.81. The highest BCUT2D eigenvalue weighted by molar-refractivity contribution is 8.00. The highest BCUT2D eigenvalue weighted by atomic mass is 32.2. The van der Waals surface area contributed by atoms with Crippen LogP contribution in [0.15, 0.2) is 6.07 Å². The number of rotatable bonds is 7. The van der Waals surface area contributed by atoms with Gasteiger partial charge in [-0.1, -0.05) is 13.8 Å². The molecule has 2 unspecified atom stereocenters. The fourth-order valence-electron chi connectivity index (χ4n) is 3.16. The monoisotopic (exact) mass is 295 g/mol. The number of aromatic nitrogens is 2. The highest BCUT2D eigenvalue weighted by Gasteiger charge is 2.37. The van der Waals surface area contributed by atoms with Crippen molar-refractivity contribution in [1.82, 2.24) is 15.1 Å². The lowest BCUT2D eigenvalue weighted by Gasteiger charge is -2.34. The Morgan fingerprint density at radius 3 is 2.80 bits per heavy atom. The van der Waals surface area contributed by atoms with E-state index in [1.807, 2.05) is 0 Å². The minimum Gasteiger partial charge on any atom is -0.312 e. The van der Waals surface area contributed by atoms with Crippen LogP contribution < -0.4 is 5.32 Å². The SMILES string of the molecule is CCNC(Cc1cc(CC)nn1CC)C1(C)CCCS1. The highest BCUT2D eigenvalue weighted by Crippen LogP contribution is 2.41. The molecule has 0 aromatic carbocycles. The minimum atomic E-state index is 0.380. The number of nitrogens with one attached hydrogen (secondary N) is 1. The summed E-state index contributed by atoms with van der Waals surface area (Å²) < 4.78 is 2.57. The molecule has 1 aromatic heterocycles. The zero-order valence-corrected chi connectivity index (χ0v) is 14.2. The van der Waals surface area contributed by atoms with E-state index in [-0.39, 0.29) is 0 Å². The van der Waals surface area contributed by atoms with Gasteiger partial charge in [0, 0.05) is 29.4 Å². The number of aryl methyl sites for hydroxylation is 2. The van der Waals surface area contributed by atoms with Crippen LogP contribution >= 0.6 is 11.8 Å². The Balaban J connectivity index is 2.17. The average Bonchev–Trinajstić information content (AvgIpc) is 3.05. The summed E-state index contributed by atoms with van der Waals surface area (Å²) in [5.41, 5.74) is 2.62. The van der Waals surface area contributed by atoms with Gasteiger partial charge < -0.3 is 5.32 Å². The Hall–Kier alpha value is -0.480. The fraction of sp³-hybridized carbons (Fsp3) is 0.812. The molecule has 0 bridgehead atoms. The molecule has 2 heterocycles. The van der Waals surface area contributed by atoms with E-state index in [4.69, 9.17) is 5.10 Å². The molecule has 1 aliphatic heterocycles. The standard InChI is InChI=1S/C16H29N3S/c1-5-13-11-14(19(7-3)18-13)12-15(17-6-2)16(4)9-8-10-20-16/h11,15,17H,5-10,12H2,1-4H3. The van der Waals surface area contributed by atoms with E-state index < -0.39 is 0 Å². The molecule has 0 saturated carbocycles. The number of thioether (sulfide) groups is 1. The van der Waals surface area contributed by atoms with Crippen LogP contribution in [0.3, 0.4) is 0 Å². The van der Waals surface area contributed by atoms with E-state index in [0.717, 1.165) is 25.9 Å². The number of nitrogens with zero attached hydrogens (tertiary/aromatic N) is 2. The van der Waals surface area contributed by atoms with Gasteiger partial charge in [-0.15, -0.1) is 0 Å². The lowest BCUT2D eigenvalue weighted by Crippen LogP contribution is -2.47. The molecule has 114 valence electrons. The molecular formula is C16H29N3S.